The van der Waals surface area contributed by atoms with Crippen LogP contribution in [0.25, 0.3) is 0 Å². The van der Waals surface area contributed by atoms with Crippen LogP contribution in [0, 0.1) is 6.92 Å². The minimum Gasteiger partial charge on any atom is -0.544 e. The largest absolute Gasteiger partial charge is 0.544 e. The summed E-state index contributed by atoms with van der Waals surface area (Å²) in [6.07, 6.45) is -0.0946. The van der Waals surface area contributed by atoms with Gasteiger partial charge in [0.25, 0.3) is 0 Å². The highest BCUT2D eigenvalue weighted by molar-refractivity contribution is 6.31. The zero-order valence-electron chi connectivity index (χ0n) is 13.4. The molecule has 1 aromatic carbocycles. The third-order valence-corrected chi connectivity index (χ3v) is 4.86. The summed E-state index contributed by atoms with van der Waals surface area (Å²) in [5.41, 5.74) is 1.38. The lowest BCUT2D eigenvalue weighted by atomic mass is 10.1. The number of anilines is 1. The van der Waals surface area contributed by atoms with Gasteiger partial charge < -0.3 is 25.0 Å². The lowest BCUT2D eigenvalue weighted by Crippen LogP contribution is -3.29. The molecular weight excluding hydrogens is 318 g/mol. The Balaban J connectivity index is 2.01. The number of rotatable bonds is 5. The van der Waals surface area contributed by atoms with E-state index in [1.807, 2.05) is 6.92 Å². The van der Waals surface area contributed by atoms with Crippen molar-refractivity contribution in [1.29, 1.82) is 0 Å². The van der Waals surface area contributed by atoms with Crippen LogP contribution in [-0.4, -0.2) is 51.1 Å². The second kappa shape index (κ2) is 7.77. The molecule has 1 amide bonds. The topological polar surface area (TPSA) is 78.1 Å². The summed E-state index contributed by atoms with van der Waals surface area (Å²) in [4.78, 5) is 26.0. The van der Waals surface area contributed by atoms with E-state index in [0.717, 1.165) is 36.6 Å². The van der Waals surface area contributed by atoms with E-state index in [1.54, 1.807) is 18.2 Å². The molecular formula is C16H23ClN3O3+. The Morgan fingerprint density at radius 3 is 2.57 bits per heavy atom. The molecule has 1 saturated heterocycles. The van der Waals surface area contributed by atoms with E-state index in [4.69, 9.17) is 11.6 Å². The summed E-state index contributed by atoms with van der Waals surface area (Å²) in [7, 11) is 2.08. The van der Waals surface area contributed by atoms with E-state index in [-0.39, 0.29) is 12.3 Å². The molecule has 0 saturated carbocycles. The Kier molecular flexibility index (Phi) is 5.98. The quantitative estimate of drug-likeness (QED) is 0.555. The molecule has 0 aromatic heterocycles. The van der Waals surface area contributed by atoms with Crippen LogP contribution in [0.1, 0.15) is 12.0 Å². The first-order valence-electron chi connectivity index (χ1n) is 7.80. The summed E-state index contributed by atoms with van der Waals surface area (Å²) in [5, 5.41) is 14.8. The van der Waals surface area contributed by atoms with Crippen LogP contribution in [-0.2, 0) is 9.59 Å². The molecule has 1 atom stereocenters. The fourth-order valence-electron chi connectivity index (χ4n) is 2.87. The van der Waals surface area contributed by atoms with E-state index in [0.29, 0.717) is 10.7 Å². The van der Waals surface area contributed by atoms with Crippen LogP contribution in [0.4, 0.5) is 5.69 Å². The average Bonchev–Trinajstić information content (AvgIpc) is 2.50. The van der Waals surface area contributed by atoms with Crippen molar-refractivity contribution in [3.63, 3.8) is 0 Å². The van der Waals surface area contributed by atoms with Gasteiger partial charge in [0.05, 0.1) is 19.4 Å². The van der Waals surface area contributed by atoms with Gasteiger partial charge in [-0.15, -0.1) is 0 Å². The lowest BCUT2D eigenvalue weighted by molar-refractivity contribution is -1.01. The fourth-order valence-corrected chi connectivity index (χ4v) is 3.04. The van der Waals surface area contributed by atoms with Gasteiger partial charge >= 0.3 is 0 Å². The van der Waals surface area contributed by atoms with Gasteiger partial charge in [-0.1, -0.05) is 17.7 Å². The first-order valence-corrected chi connectivity index (χ1v) is 8.18. The van der Waals surface area contributed by atoms with Crippen molar-refractivity contribution in [2.24, 2.45) is 0 Å². The van der Waals surface area contributed by atoms with Gasteiger partial charge in [0.15, 0.2) is 0 Å². The molecule has 1 aromatic rings. The maximum Gasteiger partial charge on any atom is 0.230 e. The number of carbonyl (C=O) groups is 2. The third-order valence-electron chi connectivity index (χ3n) is 4.45. The van der Waals surface area contributed by atoms with Crippen molar-refractivity contribution < 1.29 is 24.5 Å². The zero-order valence-corrected chi connectivity index (χ0v) is 14.2. The minimum absolute atomic E-state index is 0.0946. The number of aliphatic carboxylic acids is 1. The van der Waals surface area contributed by atoms with E-state index in [1.165, 1.54) is 4.90 Å². The van der Waals surface area contributed by atoms with Crippen LogP contribution >= 0.6 is 11.6 Å². The second-order valence-electron chi connectivity index (χ2n) is 6.15. The number of piperazine rings is 1. The number of halogens is 1. The number of hydrogen-bond donors (Lipinski definition) is 3. The SMILES string of the molecule is Cc1c(Cl)cccc1NC(=O)C[C@@H](C(=O)[O-])[NH+]1CC[NH+](C)CC1. The molecule has 23 heavy (non-hydrogen) atoms. The highest BCUT2D eigenvalue weighted by Gasteiger charge is 2.30. The van der Waals surface area contributed by atoms with Crippen LogP contribution in [0.2, 0.25) is 5.02 Å². The highest BCUT2D eigenvalue weighted by atomic mass is 35.5. The van der Waals surface area contributed by atoms with Gasteiger partial charge in [-0.05, 0) is 24.6 Å². The Hall–Kier alpha value is -1.63. The molecule has 0 aliphatic carbocycles. The molecule has 1 heterocycles. The monoisotopic (exact) mass is 340 g/mol. The molecule has 6 nitrogen and oxygen atoms in total. The average molecular weight is 341 g/mol. The van der Waals surface area contributed by atoms with Gasteiger partial charge in [0, 0.05) is 10.7 Å². The number of hydrogen-bond acceptors (Lipinski definition) is 3. The van der Waals surface area contributed by atoms with Gasteiger partial charge in [-0.3, -0.25) is 4.79 Å². The van der Waals surface area contributed by atoms with E-state index in [2.05, 4.69) is 12.4 Å². The van der Waals surface area contributed by atoms with Gasteiger partial charge in [0.2, 0.25) is 5.91 Å². The number of likely N-dealkylation sites (N-methyl/N-ethyl adjacent to an activating group) is 1. The molecule has 126 valence electrons. The second-order valence-corrected chi connectivity index (χ2v) is 6.56. The maximum atomic E-state index is 12.2. The predicted molar refractivity (Wildman–Crippen MR) is 85.5 cm³/mol. The van der Waals surface area contributed by atoms with Crippen molar-refractivity contribution in [3.05, 3.63) is 28.8 Å². The molecule has 0 bridgehead atoms. The Morgan fingerprint density at radius 1 is 1.30 bits per heavy atom. The van der Waals surface area contributed by atoms with Gasteiger partial charge in [-0.2, -0.15) is 0 Å². The molecule has 1 aliphatic rings. The molecule has 1 aliphatic heterocycles. The third kappa shape index (κ3) is 4.67. The number of nitrogens with one attached hydrogen (secondary N) is 3. The summed E-state index contributed by atoms with van der Waals surface area (Å²) >= 11 is 6.03. The van der Waals surface area contributed by atoms with Crippen LogP contribution in [0.3, 0.4) is 0 Å². The maximum absolute atomic E-state index is 12.2. The standard InChI is InChI=1S/C16H22ClN3O3/c1-11-12(17)4-3-5-13(11)18-15(21)10-14(16(22)23)20-8-6-19(2)7-9-20/h3-5,14H,6-10H2,1-2H3,(H,18,21)(H,22,23)/p+1/t14-/m0/s1. The minimum atomic E-state index is -1.17. The van der Waals surface area contributed by atoms with E-state index < -0.39 is 12.0 Å². The molecule has 0 radical (unpaired) electrons. The Labute approximate surface area is 141 Å². The Bertz CT molecular complexity index is 586. The summed E-state index contributed by atoms with van der Waals surface area (Å²) < 4.78 is 0. The number of carboxylic acid groups (broad SMARTS) is 1. The molecule has 2 rings (SSSR count). The lowest BCUT2D eigenvalue weighted by Gasteiger charge is -2.33. The highest BCUT2D eigenvalue weighted by Crippen LogP contribution is 2.22. The summed E-state index contributed by atoms with van der Waals surface area (Å²) in [6, 6.07) is 4.42. The Morgan fingerprint density at radius 2 is 1.96 bits per heavy atom. The molecule has 1 fully saturated rings. The smallest absolute Gasteiger partial charge is 0.230 e. The normalized spacial score (nSPS) is 22.4. The number of quaternary nitrogens is 2. The zero-order chi connectivity index (χ0) is 17.0. The molecule has 0 spiro atoms. The number of amides is 1. The van der Waals surface area contributed by atoms with Crippen molar-refractivity contribution in [3.8, 4) is 0 Å². The van der Waals surface area contributed by atoms with Crippen molar-refractivity contribution in [2.45, 2.75) is 19.4 Å². The van der Waals surface area contributed by atoms with Crippen LogP contribution in [0.5, 0.6) is 0 Å². The van der Waals surface area contributed by atoms with Crippen molar-refractivity contribution >= 4 is 29.2 Å². The molecule has 7 heteroatoms. The first-order chi connectivity index (χ1) is 10.9. The van der Waals surface area contributed by atoms with Crippen LogP contribution < -0.4 is 20.2 Å². The van der Waals surface area contributed by atoms with Gasteiger partial charge in [0.1, 0.15) is 32.2 Å². The predicted octanol–water partition coefficient (Wildman–Crippen LogP) is -2.49. The van der Waals surface area contributed by atoms with Gasteiger partial charge in [-0.25, -0.2) is 0 Å². The number of carboxylic acids is 1. The fraction of sp³-hybridized carbons (Fsp3) is 0.500. The molecule has 3 N–H and O–H groups in total. The number of carbonyl (C=O) groups excluding carboxylic acids is 2. The van der Waals surface area contributed by atoms with E-state index in [9.17, 15) is 14.7 Å². The molecule has 0 unspecified atom stereocenters. The summed E-state index contributed by atoms with van der Waals surface area (Å²) in [6.45, 7) is 5.06. The van der Waals surface area contributed by atoms with Crippen molar-refractivity contribution in [2.75, 3.05) is 38.5 Å². The first kappa shape index (κ1) is 17.7. The van der Waals surface area contributed by atoms with E-state index >= 15 is 0 Å². The van der Waals surface area contributed by atoms with Crippen LogP contribution in [0.15, 0.2) is 18.2 Å². The number of benzene rings is 1. The summed E-state index contributed by atoms with van der Waals surface area (Å²) in [5.74, 6) is -1.50. The van der Waals surface area contributed by atoms with Crippen molar-refractivity contribution in [1.82, 2.24) is 0 Å².